The lowest BCUT2D eigenvalue weighted by molar-refractivity contribution is -0.328. The third-order valence-electron chi connectivity index (χ3n) is 15.1. The molecule has 5 N–H and O–H groups in total. The second kappa shape index (κ2) is 18.8. The Morgan fingerprint density at radius 2 is 1.93 bits per heavy atom. The minimum absolute atomic E-state index is 0.0424. The molecule has 15 heteroatoms. The third kappa shape index (κ3) is 7.83. The van der Waals surface area contributed by atoms with Gasteiger partial charge in [0.25, 0.3) is 5.91 Å². The number of carbonyl (C=O) groups is 2. The average Bonchev–Trinajstić information content (AvgIpc) is 4.10. The van der Waals surface area contributed by atoms with Crippen LogP contribution in [0.2, 0.25) is 0 Å². The molecule has 8 bridgehead atoms. The molecule has 5 aliphatic heterocycles. The van der Waals surface area contributed by atoms with E-state index in [0.717, 1.165) is 72.5 Å². The van der Waals surface area contributed by atoms with E-state index in [0.29, 0.717) is 41.0 Å². The lowest BCUT2D eigenvalue weighted by atomic mass is 9.75. The van der Waals surface area contributed by atoms with Crippen molar-refractivity contribution in [1.82, 2.24) is 10.2 Å². The van der Waals surface area contributed by atoms with Gasteiger partial charge in [0.15, 0.2) is 28.7 Å². The molecule has 1 saturated carbocycles. The first-order chi connectivity index (χ1) is 34.1. The van der Waals surface area contributed by atoms with E-state index in [-0.39, 0.29) is 71.9 Å². The molecule has 362 valence electrons. The molecule has 4 aromatic rings. The Balaban J connectivity index is 1.10. The normalized spacial score (nSPS) is 27.6. The van der Waals surface area contributed by atoms with Crippen LogP contribution in [0.25, 0.3) is 22.9 Å². The fraction of sp³-hybridized carbons (Fsp3) is 0.418. The van der Waals surface area contributed by atoms with E-state index in [1.165, 1.54) is 12.0 Å². The Morgan fingerprint density at radius 1 is 1.06 bits per heavy atom. The number of fused-ring (bicyclic) bond motifs is 10. The Hall–Kier alpha value is -6.22. The summed E-state index contributed by atoms with van der Waals surface area (Å²) in [5.74, 6) is 2.90. The van der Waals surface area contributed by atoms with Crippen LogP contribution in [0.15, 0.2) is 59.6 Å². The fourth-order valence-corrected chi connectivity index (χ4v) is 11.5. The number of unbranched alkanes of at least 4 members (excludes halogenated alkanes) is 1. The summed E-state index contributed by atoms with van der Waals surface area (Å²) in [4.78, 5) is 35.5. The number of Topliss-reactive ketones (excluding diaryl/α,β-unsaturated/α-hetero) is 1. The molecule has 5 heterocycles. The van der Waals surface area contributed by atoms with Gasteiger partial charge in [0.05, 0.1) is 49.4 Å². The van der Waals surface area contributed by atoms with Gasteiger partial charge in [0.1, 0.15) is 53.8 Å². The van der Waals surface area contributed by atoms with E-state index in [1.54, 1.807) is 43.7 Å². The Kier molecular flexibility index (Phi) is 12.4. The van der Waals surface area contributed by atoms with Crippen molar-refractivity contribution >= 4 is 46.5 Å². The second-order valence-electron chi connectivity index (χ2n) is 19.2. The number of aliphatic hydroxyl groups excluding tert-OH is 2. The molecule has 2 aliphatic carbocycles. The number of ether oxygens (including phenoxy) is 6. The number of phenols is 1. The number of hydrogen-bond donors (Lipinski definition) is 5. The summed E-state index contributed by atoms with van der Waals surface area (Å²) in [5, 5.41) is 53.0. The molecule has 1 saturated heterocycles. The van der Waals surface area contributed by atoms with Crippen LogP contribution in [-0.4, -0.2) is 127 Å². The van der Waals surface area contributed by atoms with Crippen LogP contribution in [-0.2, 0) is 38.5 Å². The number of methoxy groups -OCH3 is 2. The first-order valence-electron chi connectivity index (χ1n) is 24.2. The summed E-state index contributed by atoms with van der Waals surface area (Å²) >= 11 is 0. The van der Waals surface area contributed by atoms with Crippen LogP contribution in [0, 0.1) is 23.9 Å². The zero-order valence-corrected chi connectivity index (χ0v) is 39.1. The molecule has 1 amide bonds. The largest absolute Gasteiger partial charge is 0.506 e. The lowest BCUT2D eigenvalue weighted by Crippen LogP contribution is -2.70. The van der Waals surface area contributed by atoms with Gasteiger partial charge in [-0.05, 0) is 96.7 Å². The van der Waals surface area contributed by atoms with E-state index in [9.17, 15) is 25.2 Å². The van der Waals surface area contributed by atoms with Crippen molar-refractivity contribution in [2.75, 3.05) is 47.1 Å². The summed E-state index contributed by atoms with van der Waals surface area (Å²) < 4.78 is 37.5. The smallest absolute Gasteiger partial charge is 0.254 e. The van der Waals surface area contributed by atoms with E-state index in [1.807, 2.05) is 24.3 Å². The zero-order chi connectivity index (χ0) is 48.3. The summed E-state index contributed by atoms with van der Waals surface area (Å²) in [6.07, 6.45) is 9.68. The average molecular weight is 951 g/mol. The van der Waals surface area contributed by atoms with Gasteiger partial charge in [0.2, 0.25) is 6.29 Å². The highest BCUT2D eigenvalue weighted by Gasteiger charge is 2.59. The number of amides is 1. The fourth-order valence-electron chi connectivity index (χ4n) is 11.5. The number of benzene rings is 4. The van der Waals surface area contributed by atoms with Gasteiger partial charge in [-0.1, -0.05) is 36.6 Å². The van der Waals surface area contributed by atoms with Crippen LogP contribution in [0.5, 0.6) is 17.2 Å². The first kappa shape index (κ1) is 46.2. The van der Waals surface area contributed by atoms with Gasteiger partial charge in [-0.15, -0.1) is 0 Å². The molecular formula is C55H56N3O12+. The van der Waals surface area contributed by atoms with Crippen molar-refractivity contribution < 1.29 is 58.4 Å². The van der Waals surface area contributed by atoms with E-state index in [2.05, 4.69) is 29.5 Å². The van der Waals surface area contributed by atoms with Crippen LogP contribution < -0.4 is 14.8 Å². The molecule has 11 rings (SSSR count). The Bertz CT molecular complexity index is 2920. The number of aliphatic imine (C=N–C) groups is 1. The maximum Gasteiger partial charge on any atom is 0.254 e. The van der Waals surface area contributed by atoms with Crippen LogP contribution in [0.4, 0.5) is 5.69 Å². The van der Waals surface area contributed by atoms with Crippen molar-refractivity contribution in [3.05, 3.63) is 111 Å². The number of nitrogens with one attached hydrogen (secondary N) is 1. The van der Waals surface area contributed by atoms with Gasteiger partial charge >= 0.3 is 0 Å². The molecule has 15 nitrogen and oxygen atoms in total. The Labute approximate surface area is 405 Å². The van der Waals surface area contributed by atoms with E-state index < -0.39 is 48.7 Å². The number of phenolic OH excluding ortho intramolecular Hbond substituents is 1. The van der Waals surface area contributed by atoms with Gasteiger partial charge in [-0.3, -0.25) is 9.59 Å². The number of aliphatic hydroxyl groups is 3. The van der Waals surface area contributed by atoms with Crippen LogP contribution in [0.1, 0.15) is 97.7 Å². The summed E-state index contributed by atoms with van der Waals surface area (Å²) in [5.41, 5.74) is 3.83. The first-order valence-corrected chi connectivity index (χ1v) is 24.2. The number of ketones is 1. The van der Waals surface area contributed by atoms with Gasteiger partial charge in [-0.2, -0.15) is 4.99 Å². The van der Waals surface area contributed by atoms with Gasteiger partial charge < -0.3 is 59.1 Å². The number of rotatable bonds is 10. The molecule has 8 atom stereocenters. The van der Waals surface area contributed by atoms with Crippen molar-refractivity contribution in [2.24, 2.45) is 10.9 Å². The standard InChI is InChI=1S/C55H55N3O12/c1-65-20-4-3-19-56-24-30-13-17-41-37(22-30)39(25-57-41)43-18-16-36-44(66-2)23-38-34-15-14-32-9-5-11-33(32)46(34)48-42(60)27-58-26-40-31(8-6-12-35(40)53(58)63)10-7-21-67-52-49(61)45(28-68-43)69-54(55(52,64)29-59)70-51(36)47(38)50(48)62/h6,8,12-18,22-23,25,32-33,43,45,49,52,54,56,59,61,64H,3-5,9-11,19-20,24,26-29H2,1-2H3/p+1/b18-16+/t32-,33+,43-,45-,49-,52+,54-,55-/m1/s1. The molecular weight excluding hydrogens is 895 g/mol. The number of allylic oxidation sites excluding steroid dienone is 1. The summed E-state index contributed by atoms with van der Waals surface area (Å²) in [7, 11) is 3.21. The molecule has 4 aromatic carbocycles. The molecule has 0 radical (unpaired) electrons. The lowest BCUT2D eigenvalue weighted by Gasteiger charge is -2.47. The molecule has 0 unspecified atom stereocenters. The van der Waals surface area contributed by atoms with Gasteiger partial charge in [-0.25, -0.2) is 0 Å². The second-order valence-corrected chi connectivity index (χ2v) is 19.2. The summed E-state index contributed by atoms with van der Waals surface area (Å²) in [6.45, 7) is 0.735. The van der Waals surface area contributed by atoms with Crippen molar-refractivity contribution in [1.29, 1.82) is 0 Å². The maximum atomic E-state index is 15.2. The number of nitrogens with zero attached hydrogens (tertiary/aromatic N) is 2. The van der Waals surface area contributed by atoms with Gasteiger partial charge in [0, 0.05) is 55.8 Å². The SMILES string of the molecule is COCCCCNCc1ccc2c(c1)[C+]([C@H]1/C=C/c3c(OC)cc4c5c(c6c(O)c4c3O[C@H]3O[C@H](CO1)[C@@H](O)[C@H](OC#CCc1cccc4c1CN(CC6=O)C4=O)[C@]3(O)CO)[C@H]1CCC[C@@H]1C=C5)C=N2. The highest BCUT2D eigenvalue weighted by atomic mass is 16.7. The van der Waals surface area contributed by atoms with Crippen molar-refractivity contribution in [3.8, 4) is 29.3 Å². The minimum Gasteiger partial charge on any atom is -0.506 e. The maximum absolute atomic E-state index is 15.2. The monoisotopic (exact) mass is 950 g/mol. The number of hydrogen-bond acceptors (Lipinski definition) is 14. The molecule has 0 aromatic heterocycles. The minimum atomic E-state index is -2.47. The number of carbonyl (C=O) groups excluding carboxylic acids is 2. The van der Waals surface area contributed by atoms with Crippen molar-refractivity contribution in [2.45, 2.75) is 93.8 Å². The van der Waals surface area contributed by atoms with E-state index >= 15 is 4.79 Å². The quantitative estimate of drug-likeness (QED) is 0.0743. The molecule has 70 heavy (non-hydrogen) atoms. The van der Waals surface area contributed by atoms with Crippen LogP contribution in [0.3, 0.4) is 0 Å². The Morgan fingerprint density at radius 3 is 2.77 bits per heavy atom. The molecule has 2 fully saturated rings. The number of aromatic hydroxyl groups is 1. The zero-order valence-electron chi connectivity index (χ0n) is 39.1. The summed E-state index contributed by atoms with van der Waals surface area (Å²) in [6, 6.07) is 13.2. The highest BCUT2D eigenvalue weighted by molar-refractivity contribution is 6.14. The van der Waals surface area contributed by atoms with Crippen molar-refractivity contribution in [3.63, 3.8) is 0 Å². The molecule has 0 spiro atoms. The predicted molar refractivity (Wildman–Crippen MR) is 259 cm³/mol. The topological polar surface area (TPSA) is 198 Å². The van der Waals surface area contributed by atoms with E-state index in [4.69, 9.17) is 33.4 Å². The molecule has 7 aliphatic rings. The predicted octanol–water partition coefficient (Wildman–Crippen LogP) is 5.66. The highest BCUT2D eigenvalue weighted by Crippen LogP contribution is 2.55. The third-order valence-corrected chi connectivity index (χ3v) is 15.1. The van der Waals surface area contributed by atoms with Crippen LogP contribution >= 0.6 is 0 Å².